The topological polar surface area (TPSA) is 236 Å². The largest absolute Gasteiger partial charge is 0.455 e. The van der Waals surface area contributed by atoms with Crippen molar-refractivity contribution in [1.82, 2.24) is 10.6 Å². The number of hydrogen-bond acceptors (Lipinski definition) is 14. The minimum Gasteiger partial charge on any atom is -0.455 e. The number of nitrogens with one attached hydrogen (secondary N) is 2. The summed E-state index contributed by atoms with van der Waals surface area (Å²) in [6.45, 7) is 12.1. The van der Waals surface area contributed by atoms with Gasteiger partial charge in [-0.3, -0.25) is 19.2 Å². The summed E-state index contributed by atoms with van der Waals surface area (Å²) < 4.78 is 28.6. The van der Waals surface area contributed by atoms with E-state index in [9.17, 15) is 44.4 Å². The Balaban J connectivity index is 0.00000490. The molecule has 18 heteroatoms. The Morgan fingerprint density at radius 3 is 2.12 bits per heavy atom. The number of benzene rings is 2. The molecular formula is C49H66Ac2N2O14. The summed E-state index contributed by atoms with van der Waals surface area (Å²) in [6.07, 6.45) is -7.17. The molecule has 3 aliphatic carbocycles. The van der Waals surface area contributed by atoms with Gasteiger partial charge < -0.3 is 54.7 Å². The number of ether oxygens (including phenoxy) is 5. The molecule has 2 radical (unpaired) electrons. The molecule has 9 unspecified atom stereocenters. The Kier molecular flexibility index (Phi) is 21.3. The summed E-state index contributed by atoms with van der Waals surface area (Å²) in [4.78, 5) is 69.8. The van der Waals surface area contributed by atoms with E-state index in [0.29, 0.717) is 25.4 Å². The molecule has 67 heavy (non-hydrogen) atoms. The summed E-state index contributed by atoms with van der Waals surface area (Å²) in [5.41, 5.74) is -5.23. The average molecular weight is 1360 g/mol. The molecular weight excluding hydrogens is 1290 g/mol. The van der Waals surface area contributed by atoms with Crippen LogP contribution in [0.25, 0.3) is 0 Å². The van der Waals surface area contributed by atoms with Crippen LogP contribution in [0.3, 0.4) is 0 Å². The number of rotatable bonds is 18. The van der Waals surface area contributed by atoms with E-state index in [1.165, 1.54) is 0 Å². The quantitative estimate of drug-likeness (QED) is 0.0715. The molecule has 1 heterocycles. The number of aliphatic hydroxyl groups is 4. The number of Topliss-reactive ketones (excluding diaryl/α,β-unsaturated/α-hetero) is 1. The van der Waals surface area contributed by atoms with Crippen LogP contribution in [0.15, 0.2) is 71.8 Å². The molecule has 11 atom stereocenters. The predicted molar refractivity (Wildman–Crippen MR) is 235 cm³/mol. The number of amides is 2. The van der Waals surface area contributed by atoms with E-state index in [2.05, 4.69) is 10.6 Å². The number of carbonyl (C=O) groups excluding carboxylic acids is 5. The van der Waals surface area contributed by atoms with E-state index in [-0.39, 0.29) is 150 Å². The van der Waals surface area contributed by atoms with E-state index in [1.54, 1.807) is 95.3 Å². The third-order valence-electron chi connectivity index (χ3n) is 14.3. The van der Waals surface area contributed by atoms with Crippen LogP contribution in [0.5, 0.6) is 0 Å². The summed E-state index contributed by atoms with van der Waals surface area (Å²) in [5.74, 6) is -5.40. The first kappa shape index (κ1) is 57.9. The van der Waals surface area contributed by atoms with Crippen molar-refractivity contribution in [1.29, 1.82) is 0 Å². The first-order chi connectivity index (χ1) is 30.8. The SMILES string of the molecule is CCCOCCOCCNC(=O)CCC(=O)OC(C(=O)OC1CC2(O)CC(C)C3[C@]4(O)COC4CC(O)[C@@]3(C)C(=O)C(O)C(=C1C)C2(C)C)C(NC(=O)c1ccccc1)c1ccccc1.[Ac].[Ac]. The van der Waals surface area contributed by atoms with Gasteiger partial charge in [-0.2, -0.15) is 0 Å². The molecule has 6 rings (SSSR count). The summed E-state index contributed by atoms with van der Waals surface area (Å²) in [7, 11) is 0. The molecule has 2 aromatic rings. The van der Waals surface area contributed by atoms with Crippen LogP contribution in [-0.2, 0) is 42.9 Å². The van der Waals surface area contributed by atoms with Crippen LogP contribution < -0.4 is 10.6 Å². The van der Waals surface area contributed by atoms with Gasteiger partial charge in [0.15, 0.2) is 5.78 Å². The third-order valence-corrected chi connectivity index (χ3v) is 14.3. The van der Waals surface area contributed by atoms with E-state index in [1.807, 2.05) is 6.92 Å². The maximum atomic E-state index is 14.8. The van der Waals surface area contributed by atoms with Gasteiger partial charge in [-0.25, -0.2) is 4.79 Å². The number of ketones is 1. The minimum atomic E-state index is -1.89. The van der Waals surface area contributed by atoms with Crippen LogP contribution in [0, 0.1) is 111 Å². The molecule has 2 saturated carbocycles. The van der Waals surface area contributed by atoms with Gasteiger partial charge in [0.05, 0.1) is 56.1 Å². The van der Waals surface area contributed by atoms with Gasteiger partial charge in [0, 0.05) is 137 Å². The van der Waals surface area contributed by atoms with Crippen LogP contribution in [0.1, 0.15) is 102 Å². The van der Waals surface area contributed by atoms with Gasteiger partial charge in [0.2, 0.25) is 12.0 Å². The van der Waals surface area contributed by atoms with Crippen LogP contribution in [0.4, 0.5) is 0 Å². The number of fused-ring (bicyclic) bond motifs is 5. The second kappa shape index (κ2) is 24.6. The maximum Gasteiger partial charge on any atom is 0.350 e. The molecule has 16 nitrogen and oxygen atoms in total. The van der Waals surface area contributed by atoms with E-state index >= 15 is 0 Å². The molecule has 3 fully saturated rings. The molecule has 2 bridgehead atoms. The van der Waals surface area contributed by atoms with Crippen LogP contribution in [-0.4, -0.2) is 131 Å². The zero-order valence-corrected chi connectivity index (χ0v) is 48.9. The fraction of sp³-hybridized carbons (Fsp3) is 0.612. The molecule has 362 valence electrons. The van der Waals surface area contributed by atoms with E-state index in [0.717, 1.165) is 6.42 Å². The molecule has 1 aliphatic heterocycles. The van der Waals surface area contributed by atoms with Crippen molar-refractivity contribution in [2.45, 2.75) is 128 Å². The Labute approximate surface area is 464 Å². The fourth-order valence-electron chi connectivity index (χ4n) is 10.7. The second-order valence-corrected chi connectivity index (χ2v) is 18.8. The zero-order valence-electron chi connectivity index (χ0n) is 39.4. The Morgan fingerprint density at radius 2 is 1.51 bits per heavy atom. The van der Waals surface area contributed by atoms with Crippen molar-refractivity contribution in [2.24, 2.45) is 22.7 Å². The number of aliphatic hydroxyl groups excluding tert-OH is 2. The van der Waals surface area contributed by atoms with Crippen LogP contribution in [0.2, 0.25) is 0 Å². The van der Waals surface area contributed by atoms with E-state index in [4.69, 9.17) is 23.7 Å². The summed E-state index contributed by atoms with van der Waals surface area (Å²) >= 11 is 0. The Hall–Kier alpha value is -1.67. The fourth-order valence-corrected chi connectivity index (χ4v) is 10.7. The predicted octanol–water partition coefficient (Wildman–Crippen LogP) is 3.29. The molecule has 2 aromatic carbocycles. The first-order valence-corrected chi connectivity index (χ1v) is 22.7. The van der Waals surface area contributed by atoms with Gasteiger partial charge in [-0.15, -0.1) is 0 Å². The smallest absolute Gasteiger partial charge is 0.350 e. The van der Waals surface area contributed by atoms with Gasteiger partial charge in [-0.1, -0.05) is 76.2 Å². The molecule has 0 aromatic heterocycles. The van der Waals surface area contributed by atoms with Crippen molar-refractivity contribution in [3.05, 3.63) is 82.9 Å². The number of hydrogen-bond donors (Lipinski definition) is 6. The zero-order chi connectivity index (χ0) is 47.3. The molecule has 4 aliphatic rings. The second-order valence-electron chi connectivity index (χ2n) is 18.8. The molecule has 0 spiro atoms. The van der Waals surface area contributed by atoms with Crippen molar-refractivity contribution < 1.29 is 156 Å². The molecule has 1 saturated heterocycles. The van der Waals surface area contributed by atoms with Crippen LogP contribution >= 0.6 is 0 Å². The number of esters is 2. The van der Waals surface area contributed by atoms with Gasteiger partial charge >= 0.3 is 11.9 Å². The van der Waals surface area contributed by atoms with Crippen molar-refractivity contribution in [3.63, 3.8) is 0 Å². The maximum absolute atomic E-state index is 14.8. The van der Waals surface area contributed by atoms with E-state index < -0.39 is 106 Å². The minimum absolute atomic E-state index is 0. The number of carbonyl (C=O) groups is 5. The molecule has 2 amide bonds. The normalized spacial score (nSPS) is 30.4. The van der Waals surface area contributed by atoms with Gasteiger partial charge in [0.1, 0.15) is 23.9 Å². The van der Waals surface area contributed by atoms with Crippen molar-refractivity contribution in [2.75, 3.05) is 39.6 Å². The van der Waals surface area contributed by atoms with Crippen molar-refractivity contribution in [3.8, 4) is 0 Å². The molecule has 6 N–H and O–H groups in total. The van der Waals surface area contributed by atoms with Gasteiger partial charge in [-0.05, 0) is 61.4 Å². The summed E-state index contributed by atoms with van der Waals surface area (Å²) in [6, 6.07) is 15.3. The standard InChI is InChI=1S/C49H66N2O14.2Ac/c1-7-21-61-23-24-62-22-20-50-36(53)18-19-37(54)65-41(39(31-14-10-8-11-15-31)51-44(57)32-16-12-9-13-17-32)45(58)64-33-27-48(59)26-29(2)42-47(6,34(52)25-35-49(42,60)28-63-35)43(56)40(55)38(30(33)3)46(48,4)5;;/h8-17,29,33-35,39-42,52,55,59-60H,7,18-28H2,1-6H3,(H,50,53)(H,51,57);;/t29?,33?,34?,35?,39?,40?,41?,42?,47-,48?,49+;;/m1../s1. The van der Waals surface area contributed by atoms with Crippen molar-refractivity contribution >= 4 is 29.5 Å². The average Bonchev–Trinajstić information content (AvgIpc) is 3.28. The monoisotopic (exact) mass is 1360 g/mol. The Bertz CT molecular complexity index is 2080. The third kappa shape index (κ3) is 12.3. The van der Waals surface area contributed by atoms with Gasteiger partial charge in [0.25, 0.3) is 5.91 Å². The first-order valence-electron chi connectivity index (χ1n) is 22.7. The summed E-state index contributed by atoms with van der Waals surface area (Å²) in [5, 5.41) is 54.2. The Morgan fingerprint density at radius 1 is 0.881 bits per heavy atom.